The van der Waals surface area contributed by atoms with Crippen molar-refractivity contribution in [3.8, 4) is 12.1 Å². The molecule has 0 aliphatic heterocycles. The molecule has 0 atom stereocenters. The van der Waals surface area contributed by atoms with E-state index in [1.807, 2.05) is 0 Å². The van der Waals surface area contributed by atoms with Crippen molar-refractivity contribution >= 4 is 80.6 Å². The van der Waals surface area contributed by atoms with Crippen molar-refractivity contribution in [2.45, 2.75) is 31.2 Å². The summed E-state index contributed by atoms with van der Waals surface area (Å²) in [6.45, 7) is 2.86. The van der Waals surface area contributed by atoms with E-state index in [2.05, 4.69) is 19.9 Å². The van der Waals surface area contributed by atoms with Crippen LogP contribution in [0.4, 0.5) is 50.4 Å². The summed E-state index contributed by atoms with van der Waals surface area (Å²) in [5, 5.41) is 21.1. The molecule has 4 heterocycles. The fraction of sp³-hybridized carbons (Fsp3) is 0.125. The molecule has 270 valence electrons. The predicted molar refractivity (Wildman–Crippen MR) is 149 cm³/mol. The van der Waals surface area contributed by atoms with Gasteiger partial charge in [-0.3, -0.25) is 0 Å². The molecule has 0 fully saturated rings. The number of sulfone groups is 2. The van der Waals surface area contributed by atoms with Gasteiger partial charge < -0.3 is 0 Å². The quantitative estimate of drug-likeness (QED) is 0.109. The maximum Gasteiger partial charge on any atom is 2.00 e. The average molecular weight is 938 g/mol. The predicted octanol–water partition coefficient (Wildman–Crippen LogP) is 10.7. The maximum absolute atomic E-state index is 11.7. The van der Waals surface area contributed by atoms with Gasteiger partial charge in [-0.1, -0.05) is 0 Å². The molecule has 0 spiro atoms. The molecule has 0 amide bonds. The van der Waals surface area contributed by atoms with E-state index in [4.69, 9.17) is 10.5 Å². The van der Waals surface area contributed by atoms with E-state index in [1.165, 1.54) is 38.6 Å². The van der Waals surface area contributed by atoms with Gasteiger partial charge in [-0.25, -0.2) is 36.8 Å². The summed E-state index contributed by atoms with van der Waals surface area (Å²) in [5.74, 6) is 0. The number of nitriles is 2. The number of hydrogen-bond donors (Lipinski definition) is 0. The zero-order valence-corrected chi connectivity index (χ0v) is 30.6. The Hall–Kier alpha value is -1.96. The molecular formula is C16H14F12N6O4P2RuS6. The molecular weight excluding hydrogens is 924 g/mol. The Morgan fingerprint density at radius 1 is 0.511 bits per heavy atom. The van der Waals surface area contributed by atoms with Crippen LogP contribution in [0.1, 0.15) is 13.8 Å². The Labute approximate surface area is 285 Å². The van der Waals surface area contributed by atoms with Gasteiger partial charge in [0, 0.05) is 60.2 Å². The van der Waals surface area contributed by atoms with Crippen molar-refractivity contribution in [3.63, 3.8) is 0 Å². The van der Waals surface area contributed by atoms with Crippen LogP contribution in [0.25, 0.3) is 0 Å². The van der Waals surface area contributed by atoms with E-state index in [0.29, 0.717) is 0 Å². The fourth-order valence-electron chi connectivity index (χ4n) is 1.52. The Balaban J connectivity index is -0.000000534. The number of nitrogens with zero attached hydrogens (tertiary/aromatic N) is 6. The van der Waals surface area contributed by atoms with Gasteiger partial charge in [0.1, 0.15) is 0 Å². The second-order valence-electron chi connectivity index (χ2n) is 6.56. The first-order valence-electron chi connectivity index (χ1n) is 9.98. The minimum Gasteiger partial charge on any atom is -0.233 e. The van der Waals surface area contributed by atoms with Crippen LogP contribution in [0.2, 0.25) is 0 Å². The molecule has 0 radical (unpaired) electrons. The number of rotatable bonds is 4. The fourth-order valence-corrected chi connectivity index (χ4v) is 8.02. The Morgan fingerprint density at radius 2 is 0.638 bits per heavy atom. The van der Waals surface area contributed by atoms with Crippen LogP contribution in [-0.2, 0) is 39.2 Å². The second kappa shape index (κ2) is 16.6. The molecule has 4 aromatic heterocycles. The first-order chi connectivity index (χ1) is 20.1. The summed E-state index contributed by atoms with van der Waals surface area (Å²) < 4.78 is 165. The Morgan fingerprint density at radius 3 is 0.723 bits per heavy atom. The van der Waals surface area contributed by atoms with Crippen molar-refractivity contribution in [3.05, 3.63) is 46.3 Å². The Bertz CT molecular complexity index is 1540. The van der Waals surface area contributed by atoms with Crippen molar-refractivity contribution in [1.82, 2.24) is 19.9 Å². The summed E-state index contributed by atoms with van der Waals surface area (Å²) in [7, 11) is -28.2. The van der Waals surface area contributed by atoms with Crippen molar-refractivity contribution in [2.75, 3.05) is 0 Å². The van der Waals surface area contributed by atoms with Gasteiger partial charge in [0.25, 0.3) is 19.7 Å². The van der Waals surface area contributed by atoms with E-state index in [9.17, 15) is 67.2 Å². The number of halogens is 12. The summed E-state index contributed by atoms with van der Waals surface area (Å²) in [6, 6.07) is 3.50. The normalized spacial score (nSPS) is 13.7. The van der Waals surface area contributed by atoms with Gasteiger partial charge in [0.05, 0.1) is 12.1 Å². The van der Waals surface area contributed by atoms with E-state index >= 15 is 0 Å². The van der Waals surface area contributed by atoms with Crippen LogP contribution in [0.3, 0.4) is 0 Å². The summed E-state index contributed by atoms with van der Waals surface area (Å²) in [4.78, 5) is 15.0. The molecule has 0 bridgehead atoms. The van der Waals surface area contributed by atoms with E-state index in [1.54, 1.807) is 33.7 Å². The summed E-state index contributed by atoms with van der Waals surface area (Å²) in [6.07, 6.45) is 5.85. The second-order valence-corrected chi connectivity index (χ2v) is 18.6. The first-order valence-corrected chi connectivity index (χ1v) is 20.5. The van der Waals surface area contributed by atoms with Crippen LogP contribution >= 0.6 is 61.0 Å². The van der Waals surface area contributed by atoms with Crippen LogP contribution in [0.15, 0.2) is 63.7 Å². The average Bonchev–Trinajstić information content (AvgIpc) is 3.64. The molecule has 0 saturated heterocycles. The third-order valence-corrected chi connectivity index (χ3v) is 10.9. The van der Waals surface area contributed by atoms with Gasteiger partial charge in [0.15, 0.2) is 0 Å². The molecule has 0 aliphatic carbocycles. The van der Waals surface area contributed by atoms with Gasteiger partial charge in [-0.05, 0) is 0 Å². The van der Waals surface area contributed by atoms with Crippen LogP contribution in [0, 0.1) is 22.7 Å². The molecule has 0 aliphatic rings. The molecule has 4 aromatic rings. The monoisotopic (exact) mass is 938 g/mol. The number of hydrogen-bond acceptors (Lipinski definition) is 14. The van der Waals surface area contributed by atoms with E-state index in [0.717, 1.165) is 45.3 Å². The van der Waals surface area contributed by atoms with Crippen LogP contribution < -0.4 is 0 Å². The van der Waals surface area contributed by atoms with E-state index in [-0.39, 0.29) is 36.8 Å². The molecule has 10 nitrogen and oxygen atoms in total. The maximum atomic E-state index is 11.7. The number of thiazole rings is 4. The largest absolute Gasteiger partial charge is 2.00 e. The topological polar surface area (TPSA) is 167 Å². The number of aromatic nitrogens is 4. The van der Waals surface area contributed by atoms with Gasteiger partial charge >= 0.3 is 85.5 Å². The molecule has 31 heteroatoms. The molecule has 0 unspecified atom stereocenters. The van der Waals surface area contributed by atoms with Crippen LogP contribution in [-0.4, -0.2) is 36.8 Å². The smallest absolute Gasteiger partial charge is 0.233 e. The molecule has 0 N–H and O–H groups in total. The van der Waals surface area contributed by atoms with Gasteiger partial charge in [0.2, 0.25) is 17.4 Å². The standard InChI is InChI=1S/2C6H4N2O2S3.2C2H3N.2F6P.Ru/c2*9-13(10,5-7-1-3-11-5)6-8-2-4-12-6;2*1-2-3;2*1-7(2,3,4,5)6;/h2*1-4H;2*1H3;;;/q;;;;2*-1;+2. The van der Waals surface area contributed by atoms with Crippen molar-refractivity contribution < 1.29 is 86.7 Å². The minimum absolute atomic E-state index is 0. The SMILES string of the molecule is CC#N.CC#N.F[P-](F)(F)(F)(F)F.F[P-](F)(F)(F)(F)F.O=S(=O)(c1nccs1)c1nccs1.O=S(=O)(c1nccs1)c1nccs1.[Ru+2]. The minimum atomic E-state index is -10.7. The zero-order chi connectivity index (χ0) is 36.9. The molecule has 0 saturated carbocycles. The summed E-state index contributed by atoms with van der Waals surface area (Å²) in [5.41, 5.74) is 0. The molecule has 4 rings (SSSR count). The summed E-state index contributed by atoms with van der Waals surface area (Å²) >= 11 is 4.38. The first kappa shape index (κ1) is 49.4. The third kappa shape index (κ3) is 31.1. The third-order valence-electron chi connectivity index (χ3n) is 2.56. The van der Waals surface area contributed by atoms with Gasteiger partial charge in [-0.15, -0.1) is 45.3 Å². The Kier molecular flexibility index (Phi) is 17.5. The van der Waals surface area contributed by atoms with Crippen molar-refractivity contribution in [1.29, 1.82) is 10.5 Å². The van der Waals surface area contributed by atoms with Crippen molar-refractivity contribution in [2.24, 2.45) is 0 Å². The molecule has 0 aromatic carbocycles. The zero-order valence-electron chi connectivity index (χ0n) is 22.2. The van der Waals surface area contributed by atoms with E-state index < -0.39 is 35.3 Å². The van der Waals surface area contributed by atoms with Crippen LogP contribution in [0.5, 0.6) is 0 Å². The molecule has 47 heavy (non-hydrogen) atoms. The van der Waals surface area contributed by atoms with Gasteiger partial charge in [-0.2, -0.15) is 10.5 Å².